The second kappa shape index (κ2) is 5.93. The first-order valence-corrected chi connectivity index (χ1v) is 5.79. The summed E-state index contributed by atoms with van der Waals surface area (Å²) < 4.78 is 0. The van der Waals surface area contributed by atoms with Gasteiger partial charge in [-0.05, 0) is 19.8 Å². The number of anilines is 1. The second-order valence-electron chi connectivity index (χ2n) is 4.06. The number of aliphatic hydroxyl groups excluding tert-OH is 1. The van der Waals surface area contributed by atoms with E-state index < -0.39 is 0 Å². The largest absolute Gasteiger partial charge is 0.396 e. The molecule has 0 aromatic carbocycles. The van der Waals surface area contributed by atoms with E-state index >= 15 is 0 Å². The van der Waals surface area contributed by atoms with E-state index in [1.807, 2.05) is 13.8 Å². The van der Waals surface area contributed by atoms with E-state index in [-0.39, 0.29) is 22.9 Å². The summed E-state index contributed by atoms with van der Waals surface area (Å²) in [5.41, 5.74) is -0.0868. The zero-order chi connectivity index (χ0) is 12.9. The van der Waals surface area contributed by atoms with Crippen LogP contribution in [0.5, 0.6) is 0 Å². The van der Waals surface area contributed by atoms with Crippen LogP contribution in [0, 0.1) is 0 Å². The number of aldehydes is 1. The number of halogens is 1. The maximum absolute atomic E-state index is 10.9. The molecule has 0 radical (unpaired) electrons. The minimum Gasteiger partial charge on any atom is -0.396 e. The molecule has 0 fully saturated rings. The molecule has 0 aliphatic heterocycles. The number of carbonyl (C=O) groups excluding carboxylic acids is 1. The number of nitrogens with one attached hydrogen (secondary N) is 1. The Morgan fingerprint density at radius 2 is 2.29 bits per heavy atom. The second-order valence-corrected chi connectivity index (χ2v) is 4.42. The molecule has 94 valence electrons. The molecule has 17 heavy (non-hydrogen) atoms. The van der Waals surface area contributed by atoms with Gasteiger partial charge in [0.1, 0.15) is 17.3 Å². The summed E-state index contributed by atoms with van der Waals surface area (Å²) in [5, 5.41) is 12.3. The van der Waals surface area contributed by atoms with Gasteiger partial charge in [0.25, 0.3) is 0 Å². The van der Waals surface area contributed by atoms with Gasteiger partial charge in [0.05, 0.1) is 5.56 Å². The lowest BCUT2D eigenvalue weighted by molar-refractivity contribution is 0.112. The van der Waals surface area contributed by atoms with Crippen LogP contribution in [0.3, 0.4) is 0 Å². The number of aliphatic hydroxyl groups is 1. The predicted molar refractivity (Wildman–Crippen MR) is 66.5 cm³/mol. The number of nitrogens with zero attached hydrogens (tertiary/aromatic N) is 2. The molecule has 1 atom stereocenters. The van der Waals surface area contributed by atoms with Gasteiger partial charge in [-0.3, -0.25) is 4.79 Å². The van der Waals surface area contributed by atoms with Crippen LogP contribution >= 0.6 is 11.6 Å². The first kappa shape index (κ1) is 13.9. The third-order valence-corrected chi connectivity index (χ3v) is 3.12. The molecule has 0 saturated heterocycles. The molecule has 0 saturated carbocycles. The molecule has 0 bridgehead atoms. The van der Waals surface area contributed by atoms with Crippen molar-refractivity contribution in [2.75, 3.05) is 11.9 Å². The monoisotopic (exact) mass is 257 g/mol. The van der Waals surface area contributed by atoms with Crippen molar-refractivity contribution in [2.45, 2.75) is 32.2 Å². The number of carbonyl (C=O) groups is 1. The topological polar surface area (TPSA) is 75.1 Å². The van der Waals surface area contributed by atoms with Crippen LogP contribution in [0.1, 0.15) is 37.0 Å². The van der Waals surface area contributed by atoms with E-state index in [2.05, 4.69) is 15.3 Å². The Labute approximate surface area is 105 Å². The molecule has 0 spiro atoms. The molecule has 0 aliphatic rings. The molecule has 6 heteroatoms. The van der Waals surface area contributed by atoms with Crippen LogP contribution < -0.4 is 5.32 Å². The highest BCUT2D eigenvalue weighted by molar-refractivity contribution is 6.32. The van der Waals surface area contributed by atoms with Crippen LogP contribution in [-0.4, -0.2) is 33.5 Å². The van der Waals surface area contributed by atoms with Gasteiger partial charge < -0.3 is 10.4 Å². The average molecular weight is 258 g/mol. The van der Waals surface area contributed by atoms with E-state index in [1.54, 1.807) is 0 Å². The first-order chi connectivity index (χ1) is 8.06. The van der Waals surface area contributed by atoms with Crippen LogP contribution in [-0.2, 0) is 0 Å². The first-order valence-electron chi connectivity index (χ1n) is 5.41. The third kappa shape index (κ3) is 3.38. The van der Waals surface area contributed by atoms with Crippen molar-refractivity contribution in [3.05, 3.63) is 17.0 Å². The molecule has 2 N–H and O–H groups in total. The smallest absolute Gasteiger partial charge is 0.156 e. The Morgan fingerprint density at radius 1 is 1.59 bits per heavy atom. The van der Waals surface area contributed by atoms with E-state index in [4.69, 9.17) is 16.7 Å². The molecule has 0 aliphatic carbocycles. The summed E-state index contributed by atoms with van der Waals surface area (Å²) >= 11 is 5.81. The fraction of sp³-hybridized carbons (Fsp3) is 0.545. The van der Waals surface area contributed by atoms with E-state index in [0.29, 0.717) is 18.5 Å². The zero-order valence-electron chi connectivity index (χ0n) is 9.90. The van der Waals surface area contributed by atoms with E-state index in [0.717, 1.165) is 6.42 Å². The van der Waals surface area contributed by atoms with Crippen molar-refractivity contribution < 1.29 is 9.90 Å². The Bertz CT molecular complexity index is 400. The van der Waals surface area contributed by atoms with Crippen LogP contribution in [0.2, 0.25) is 5.15 Å². The maximum Gasteiger partial charge on any atom is 0.156 e. The number of rotatable bonds is 6. The van der Waals surface area contributed by atoms with E-state index in [9.17, 15) is 4.79 Å². The quantitative estimate of drug-likeness (QED) is 0.601. The molecule has 1 heterocycles. The maximum atomic E-state index is 10.9. The Kier molecular flexibility index (Phi) is 4.84. The van der Waals surface area contributed by atoms with Crippen molar-refractivity contribution in [1.82, 2.24) is 9.97 Å². The van der Waals surface area contributed by atoms with Gasteiger partial charge in [-0.15, -0.1) is 0 Å². The van der Waals surface area contributed by atoms with Crippen molar-refractivity contribution in [2.24, 2.45) is 0 Å². The van der Waals surface area contributed by atoms with Gasteiger partial charge in [-0.1, -0.05) is 18.5 Å². The van der Waals surface area contributed by atoms with Crippen molar-refractivity contribution in [1.29, 1.82) is 0 Å². The standard InChI is InChI=1S/C11H16ClN3O2/c1-3-11(2,4-5-16)15-10-8(6-17)9(12)13-7-14-10/h6-7,16H,3-5H2,1-2H3,(H,13,14,15). The molecule has 0 amide bonds. The minimum absolute atomic E-state index is 0.0621. The fourth-order valence-electron chi connectivity index (χ4n) is 1.44. The average Bonchev–Trinajstić information content (AvgIpc) is 2.30. The van der Waals surface area contributed by atoms with Gasteiger partial charge in [0.15, 0.2) is 6.29 Å². The lowest BCUT2D eigenvalue weighted by Gasteiger charge is -2.30. The molecule has 1 aromatic rings. The van der Waals surface area contributed by atoms with Gasteiger partial charge in [0.2, 0.25) is 0 Å². The highest BCUT2D eigenvalue weighted by Crippen LogP contribution is 2.24. The number of aromatic nitrogens is 2. The minimum atomic E-state index is -0.329. The van der Waals surface area contributed by atoms with E-state index in [1.165, 1.54) is 6.33 Å². The van der Waals surface area contributed by atoms with Gasteiger partial charge in [-0.2, -0.15) is 0 Å². The lowest BCUT2D eigenvalue weighted by Crippen LogP contribution is -2.35. The number of hydrogen-bond acceptors (Lipinski definition) is 5. The highest BCUT2D eigenvalue weighted by Gasteiger charge is 2.23. The van der Waals surface area contributed by atoms with Crippen molar-refractivity contribution in [3.8, 4) is 0 Å². The molecular formula is C11H16ClN3O2. The Morgan fingerprint density at radius 3 is 2.82 bits per heavy atom. The fourth-order valence-corrected chi connectivity index (χ4v) is 1.62. The molecule has 1 unspecified atom stereocenters. The SMILES string of the molecule is CCC(C)(CCO)Nc1ncnc(Cl)c1C=O. The summed E-state index contributed by atoms with van der Waals surface area (Å²) in [7, 11) is 0. The van der Waals surface area contributed by atoms with Crippen molar-refractivity contribution in [3.63, 3.8) is 0 Å². The van der Waals surface area contributed by atoms with Gasteiger partial charge >= 0.3 is 0 Å². The van der Waals surface area contributed by atoms with Gasteiger partial charge in [0, 0.05) is 12.1 Å². The van der Waals surface area contributed by atoms with Crippen LogP contribution in [0.15, 0.2) is 6.33 Å². The molecular weight excluding hydrogens is 242 g/mol. The Balaban J connectivity index is 3.01. The highest BCUT2D eigenvalue weighted by atomic mass is 35.5. The van der Waals surface area contributed by atoms with Crippen LogP contribution in [0.25, 0.3) is 0 Å². The lowest BCUT2D eigenvalue weighted by atomic mass is 9.95. The summed E-state index contributed by atoms with van der Waals surface area (Å²) in [6, 6.07) is 0. The summed E-state index contributed by atoms with van der Waals surface area (Å²) in [6.07, 6.45) is 3.27. The van der Waals surface area contributed by atoms with Crippen LogP contribution in [0.4, 0.5) is 5.82 Å². The van der Waals surface area contributed by atoms with Gasteiger partial charge in [-0.25, -0.2) is 9.97 Å². The predicted octanol–water partition coefficient (Wildman–Crippen LogP) is 1.91. The summed E-state index contributed by atoms with van der Waals surface area (Å²) in [6.45, 7) is 4.01. The molecule has 1 rings (SSSR count). The summed E-state index contributed by atoms with van der Waals surface area (Å²) in [5.74, 6) is 0.401. The molecule has 5 nitrogen and oxygen atoms in total. The normalized spacial score (nSPS) is 14.1. The zero-order valence-corrected chi connectivity index (χ0v) is 10.7. The Hall–Kier alpha value is -1.20. The molecule has 1 aromatic heterocycles. The third-order valence-electron chi connectivity index (χ3n) is 2.82. The number of hydrogen-bond donors (Lipinski definition) is 2. The summed E-state index contributed by atoms with van der Waals surface area (Å²) in [4.78, 5) is 18.7. The van der Waals surface area contributed by atoms with Crippen molar-refractivity contribution >= 4 is 23.7 Å².